The third-order valence-electron chi connectivity index (χ3n) is 7.70. The molecule has 0 N–H and O–H groups in total. The van der Waals surface area contributed by atoms with Crippen molar-refractivity contribution >= 4 is 21.2 Å². The number of benzene rings is 1. The Morgan fingerprint density at radius 3 is 2.67 bits per heavy atom. The number of ether oxygens (including phenoxy) is 1. The summed E-state index contributed by atoms with van der Waals surface area (Å²) < 4.78 is 7.20. The van der Waals surface area contributed by atoms with Gasteiger partial charge in [0.2, 0.25) is 0 Å². The van der Waals surface area contributed by atoms with Crippen LogP contribution in [0, 0.1) is 26.7 Å². The molecule has 1 aromatic carbocycles. The first-order valence-electron chi connectivity index (χ1n) is 9.33. The Hall–Kier alpha value is 0.854. The molecular weight excluding hydrogens is 484 g/mol. The Balaban J connectivity index is 0.00000169. The first kappa shape index (κ1) is 19.6. The zero-order valence-electron chi connectivity index (χ0n) is 15.6. The summed E-state index contributed by atoms with van der Waals surface area (Å²) in [7, 11) is 1.84. The number of hydrogen-bond acceptors (Lipinski definition) is 1. The van der Waals surface area contributed by atoms with Gasteiger partial charge in [0.25, 0.3) is 0 Å². The van der Waals surface area contributed by atoms with Gasteiger partial charge in [0.05, 0.1) is 0 Å². The smallest absolute Gasteiger partial charge is 0 e. The first-order valence-corrected chi connectivity index (χ1v) is 12.8. The quantitative estimate of drug-likeness (QED) is 0.364. The molecule has 0 saturated heterocycles. The van der Waals surface area contributed by atoms with Crippen molar-refractivity contribution in [2.45, 2.75) is 58.3 Å². The van der Waals surface area contributed by atoms with Crippen molar-refractivity contribution in [2.24, 2.45) is 23.2 Å². The van der Waals surface area contributed by atoms with Gasteiger partial charge in [0.15, 0.2) is 0 Å². The number of aryl methyl sites for hydroxylation is 1. The van der Waals surface area contributed by atoms with Gasteiger partial charge in [-0.1, -0.05) is 0 Å². The molecule has 131 valence electrons. The van der Waals surface area contributed by atoms with E-state index in [1.807, 2.05) is 7.11 Å². The Kier molecular flexibility index (Phi) is 6.10. The van der Waals surface area contributed by atoms with E-state index >= 15 is 0 Å². The molecule has 0 heterocycles. The maximum atomic E-state index is 5.67. The fourth-order valence-electron chi connectivity index (χ4n) is 6.16. The Bertz CT molecular complexity index is 616. The number of halogens is 1. The zero-order valence-corrected chi connectivity index (χ0v) is 20.8. The van der Waals surface area contributed by atoms with Crippen LogP contribution < -0.4 is 4.74 Å². The minimum Gasteiger partial charge on any atom is 0 e. The van der Waals surface area contributed by atoms with E-state index in [0.717, 1.165) is 23.7 Å². The molecule has 2 fully saturated rings. The van der Waals surface area contributed by atoms with Crippen LogP contribution in [0.2, 0.25) is 0 Å². The van der Waals surface area contributed by atoms with Crippen molar-refractivity contribution in [1.82, 2.24) is 0 Å². The van der Waals surface area contributed by atoms with Crippen LogP contribution in [0.25, 0.3) is 0 Å². The summed E-state index contributed by atoms with van der Waals surface area (Å²) >= 11 is -0.0959. The summed E-state index contributed by atoms with van der Waals surface area (Å²) in [6.45, 7) is 5.13. The average Bonchev–Trinajstić information content (AvgIpc) is 2.88. The molecule has 0 aliphatic heterocycles. The molecule has 0 aromatic heterocycles. The standard InChI is InChI=1S/C21H31IO.Y/c1-13-5-8-18-16-7-6-14-11-20(23-4)19(22-3)12-17(14)15(16)9-10-21(13,18)2;/h11-13,15-16,18,22H,5-10H2,1-4H3;/t13-,15?,16?,18?,21+;/m0./s1. The van der Waals surface area contributed by atoms with E-state index in [9.17, 15) is 0 Å². The van der Waals surface area contributed by atoms with Crippen LogP contribution in [0.3, 0.4) is 0 Å². The largest absolute Gasteiger partial charge is 0 e. The molecular formula is C21H31IOY. The van der Waals surface area contributed by atoms with Crippen LogP contribution in [0.4, 0.5) is 0 Å². The molecule has 5 atom stereocenters. The maximum Gasteiger partial charge on any atom is 0 e. The van der Waals surface area contributed by atoms with E-state index in [1.165, 1.54) is 47.8 Å². The van der Waals surface area contributed by atoms with Crippen LogP contribution in [0.1, 0.15) is 63.0 Å². The van der Waals surface area contributed by atoms with Crippen molar-refractivity contribution in [3.8, 4) is 5.75 Å². The molecule has 0 amide bonds. The van der Waals surface area contributed by atoms with Gasteiger partial charge in [0.1, 0.15) is 0 Å². The molecule has 3 heteroatoms. The van der Waals surface area contributed by atoms with Crippen molar-refractivity contribution in [3.05, 3.63) is 26.8 Å². The fourth-order valence-corrected chi connectivity index (χ4v) is 7.84. The molecule has 24 heavy (non-hydrogen) atoms. The molecule has 1 radical (unpaired) electrons. The van der Waals surface area contributed by atoms with E-state index in [1.54, 1.807) is 11.1 Å². The number of hydrogen-bond donors (Lipinski definition) is 0. The summed E-state index contributed by atoms with van der Waals surface area (Å²) in [6.07, 6.45) is 8.51. The van der Waals surface area contributed by atoms with Crippen molar-refractivity contribution in [3.63, 3.8) is 0 Å². The van der Waals surface area contributed by atoms with Gasteiger partial charge in [-0.3, -0.25) is 0 Å². The molecule has 2 saturated carbocycles. The van der Waals surface area contributed by atoms with Gasteiger partial charge < -0.3 is 0 Å². The topological polar surface area (TPSA) is 9.23 Å². The predicted molar refractivity (Wildman–Crippen MR) is 107 cm³/mol. The Morgan fingerprint density at radius 2 is 1.96 bits per heavy atom. The third-order valence-corrected chi connectivity index (χ3v) is 9.87. The molecule has 1 aromatic rings. The van der Waals surface area contributed by atoms with Crippen molar-refractivity contribution in [2.75, 3.05) is 12.0 Å². The molecule has 3 aliphatic rings. The summed E-state index contributed by atoms with van der Waals surface area (Å²) in [6, 6.07) is 4.95. The second-order valence-electron chi connectivity index (χ2n) is 8.34. The zero-order chi connectivity index (χ0) is 16.2. The van der Waals surface area contributed by atoms with Crippen molar-refractivity contribution < 1.29 is 37.4 Å². The fraction of sp³-hybridized carbons (Fsp3) is 0.714. The van der Waals surface area contributed by atoms with Crippen LogP contribution >= 0.6 is 21.2 Å². The van der Waals surface area contributed by atoms with Crippen LogP contribution in [-0.4, -0.2) is 12.0 Å². The Morgan fingerprint density at radius 1 is 1.17 bits per heavy atom. The van der Waals surface area contributed by atoms with Crippen molar-refractivity contribution in [1.29, 1.82) is 0 Å². The number of alkyl halides is 1. The molecule has 4 rings (SSSR count). The summed E-state index contributed by atoms with van der Waals surface area (Å²) in [5, 5.41) is 0. The second kappa shape index (κ2) is 7.46. The SMILES string of the molecule is COc1cc2c(cc1[IH]C)C1CC[C@@]3(C)C(CC[C@@H]3C)C1CC2.[Y]. The second-order valence-corrected chi connectivity index (χ2v) is 10.8. The average molecular weight is 515 g/mol. The van der Waals surface area contributed by atoms with E-state index in [2.05, 4.69) is 30.9 Å². The minimum absolute atomic E-state index is 0. The van der Waals surface area contributed by atoms with Gasteiger partial charge in [-0.2, -0.15) is 0 Å². The number of fused-ring (bicyclic) bond motifs is 5. The van der Waals surface area contributed by atoms with E-state index in [0.29, 0.717) is 5.41 Å². The van der Waals surface area contributed by atoms with E-state index in [-0.39, 0.29) is 53.9 Å². The van der Waals surface area contributed by atoms with Crippen LogP contribution in [0.5, 0.6) is 5.75 Å². The first-order chi connectivity index (χ1) is 11.1. The normalized spacial score (nSPS) is 37.2. The molecule has 3 aliphatic carbocycles. The van der Waals surface area contributed by atoms with Gasteiger partial charge in [0, 0.05) is 32.7 Å². The summed E-state index contributed by atoms with van der Waals surface area (Å²) in [4.78, 5) is 2.38. The van der Waals surface area contributed by atoms with E-state index < -0.39 is 0 Å². The molecule has 1 nitrogen and oxygen atoms in total. The molecule has 0 bridgehead atoms. The van der Waals surface area contributed by atoms with Gasteiger partial charge in [-0.25, -0.2) is 0 Å². The molecule has 3 unspecified atom stereocenters. The van der Waals surface area contributed by atoms with Crippen LogP contribution in [-0.2, 0) is 39.1 Å². The van der Waals surface area contributed by atoms with E-state index in [4.69, 9.17) is 4.74 Å². The monoisotopic (exact) mass is 515 g/mol. The maximum absolute atomic E-state index is 5.67. The number of methoxy groups -OCH3 is 1. The third kappa shape index (κ3) is 2.95. The molecule has 0 spiro atoms. The van der Waals surface area contributed by atoms with Gasteiger partial charge in [-0.05, 0) is 0 Å². The van der Waals surface area contributed by atoms with Gasteiger partial charge >= 0.3 is 152 Å². The predicted octanol–water partition coefficient (Wildman–Crippen LogP) is 5.69. The number of rotatable bonds is 2. The summed E-state index contributed by atoms with van der Waals surface area (Å²) in [5.41, 5.74) is 3.94. The summed E-state index contributed by atoms with van der Waals surface area (Å²) in [5.74, 6) is 4.87. The van der Waals surface area contributed by atoms with Crippen LogP contribution in [0.15, 0.2) is 12.1 Å². The Labute approximate surface area is 183 Å². The van der Waals surface area contributed by atoms with Gasteiger partial charge in [-0.15, -0.1) is 0 Å². The minimum atomic E-state index is -0.0959.